The lowest BCUT2D eigenvalue weighted by atomic mass is 10.0. The molecule has 3 N–H and O–H groups in total. The van der Waals surface area contributed by atoms with Crippen molar-refractivity contribution in [3.63, 3.8) is 0 Å². The molecule has 0 aliphatic carbocycles. The number of halogens is 1. The minimum atomic E-state index is -2.55. The van der Waals surface area contributed by atoms with Crippen molar-refractivity contribution in [1.29, 1.82) is 0 Å². The molecular formula is C46H51ClN9O5P. The number of nitrogens with one attached hydrogen (secondary N) is 3. The summed E-state index contributed by atoms with van der Waals surface area (Å²) < 4.78 is 18.7. The fourth-order valence-corrected chi connectivity index (χ4v) is 10.2. The second-order valence-corrected chi connectivity index (χ2v) is 20.0. The molecule has 1 aromatic heterocycles. The van der Waals surface area contributed by atoms with Crippen LogP contribution < -0.4 is 30.9 Å². The van der Waals surface area contributed by atoms with E-state index in [0.717, 1.165) is 98.4 Å². The Morgan fingerprint density at radius 1 is 0.952 bits per heavy atom. The predicted molar refractivity (Wildman–Crippen MR) is 244 cm³/mol. The number of carbonyl (C=O) groups is 2. The maximum absolute atomic E-state index is 12.9. The van der Waals surface area contributed by atoms with E-state index in [4.69, 9.17) is 16.3 Å². The zero-order valence-electron chi connectivity index (χ0n) is 35.2. The number of rotatable bonds is 11. The Bertz CT molecular complexity index is 2520. The summed E-state index contributed by atoms with van der Waals surface area (Å²) >= 11 is 6.49. The number of benzene rings is 3. The minimum absolute atomic E-state index is 0.244. The van der Waals surface area contributed by atoms with E-state index in [-0.39, 0.29) is 18.2 Å². The molecule has 0 saturated carbocycles. The summed E-state index contributed by atoms with van der Waals surface area (Å²) in [4.78, 5) is 54.7. The highest BCUT2D eigenvalue weighted by atomic mass is 35.5. The number of nitrogens with zero attached hydrogens (tertiary/aromatic N) is 6. The molecule has 8 rings (SSSR count). The number of anilines is 5. The van der Waals surface area contributed by atoms with E-state index in [1.165, 1.54) is 6.20 Å². The average molecular weight is 876 g/mol. The summed E-state index contributed by atoms with van der Waals surface area (Å²) in [6.45, 7) is 10.7. The van der Waals surface area contributed by atoms with Crippen LogP contribution in [0.3, 0.4) is 0 Å². The molecule has 3 fully saturated rings. The molecule has 5 heterocycles. The quantitative estimate of drug-likeness (QED) is 0.0733. The Kier molecular flexibility index (Phi) is 13.0. The van der Waals surface area contributed by atoms with Crippen molar-refractivity contribution in [2.24, 2.45) is 0 Å². The number of carbonyl (C=O) groups excluding carboxylic acids is 3. The van der Waals surface area contributed by atoms with Gasteiger partial charge >= 0.3 is 0 Å². The van der Waals surface area contributed by atoms with Crippen LogP contribution in [0.1, 0.15) is 48.8 Å². The number of imide groups is 1. The van der Waals surface area contributed by atoms with Crippen molar-refractivity contribution in [3.8, 4) is 17.6 Å². The first-order valence-electron chi connectivity index (χ1n) is 21.1. The number of piperidine rings is 2. The van der Waals surface area contributed by atoms with Gasteiger partial charge in [-0.3, -0.25) is 24.7 Å². The van der Waals surface area contributed by atoms with Crippen LogP contribution in [0.2, 0.25) is 5.02 Å². The van der Waals surface area contributed by atoms with Crippen molar-refractivity contribution >= 4 is 76.3 Å². The number of fused-ring (bicyclic) bond motifs is 1. The maximum Gasteiger partial charge on any atom is 0.249 e. The summed E-state index contributed by atoms with van der Waals surface area (Å²) in [7, 11) is -0.896. The summed E-state index contributed by atoms with van der Waals surface area (Å²) in [5.41, 5.74) is 5.40. The number of ether oxygens (including phenoxy) is 1. The van der Waals surface area contributed by atoms with Gasteiger partial charge in [-0.25, -0.2) is 9.78 Å². The summed E-state index contributed by atoms with van der Waals surface area (Å²) in [6.07, 6.45) is 5.04. The van der Waals surface area contributed by atoms with Crippen LogP contribution in [0.5, 0.6) is 5.75 Å². The molecule has 4 aromatic rings. The van der Waals surface area contributed by atoms with Gasteiger partial charge in [-0.2, -0.15) is 4.98 Å². The highest BCUT2D eigenvalue weighted by molar-refractivity contribution is 7.70. The second-order valence-electron chi connectivity index (χ2n) is 16.4. The first-order valence-corrected chi connectivity index (χ1v) is 24.0. The number of methoxy groups -OCH3 is 1. The molecule has 3 saturated heterocycles. The lowest BCUT2D eigenvalue weighted by Crippen LogP contribution is -2.53. The van der Waals surface area contributed by atoms with Crippen LogP contribution >= 0.6 is 18.7 Å². The number of hydrogen-bond acceptors (Lipinski definition) is 13. The van der Waals surface area contributed by atoms with E-state index in [9.17, 15) is 18.9 Å². The zero-order chi connectivity index (χ0) is 43.4. The molecule has 322 valence electrons. The molecule has 1 unspecified atom stereocenters. The van der Waals surface area contributed by atoms with Crippen LogP contribution in [-0.2, 0) is 25.5 Å². The molecule has 3 aromatic carbocycles. The Hall–Kier alpha value is -5.67. The Labute approximate surface area is 367 Å². The number of hydrogen-bond donors (Lipinski definition) is 3. The maximum atomic E-state index is 12.9. The molecule has 1 atom stereocenters. The van der Waals surface area contributed by atoms with Crippen LogP contribution in [-0.4, -0.2) is 121 Å². The standard InChI is InChI=1S/C46H51ClN9O5P/c1-61-41-27-33(14-15-37(41)50-46-48-28-36(47)44(52-46)49-38-12-4-5-13-42(38)62(2,3)60)54-21-18-32(19-22-54)55-25-23-53(24-26-55)20-7-6-9-31-10-8-11-34-35(31)29-56(40(34)30-57)39-16-17-43(58)51-45(39)59/h4-5,8,10-15,27-28,32,39H,7,16-26,29H2,1-3H3,(H,51,58,59)(H2,48,49,50,52). The molecule has 0 spiro atoms. The molecule has 14 nitrogen and oxygen atoms in total. The van der Waals surface area contributed by atoms with E-state index in [2.05, 4.69) is 64.6 Å². The highest BCUT2D eigenvalue weighted by Crippen LogP contribution is 2.40. The first-order chi connectivity index (χ1) is 30.0. The van der Waals surface area contributed by atoms with E-state index in [1.807, 2.05) is 54.5 Å². The van der Waals surface area contributed by atoms with Gasteiger partial charge in [0.1, 0.15) is 29.7 Å². The molecule has 2 amide bonds. The summed E-state index contributed by atoms with van der Waals surface area (Å²) in [5.74, 6) is 9.51. The van der Waals surface area contributed by atoms with Gasteiger partial charge in [0.15, 0.2) is 11.8 Å². The third kappa shape index (κ3) is 9.53. The Morgan fingerprint density at radius 2 is 1.74 bits per heavy atom. The first kappa shape index (κ1) is 43.0. The van der Waals surface area contributed by atoms with Gasteiger partial charge in [0.2, 0.25) is 17.8 Å². The van der Waals surface area contributed by atoms with Gasteiger partial charge in [0, 0.05) is 99.4 Å². The lowest BCUT2D eigenvalue weighted by Gasteiger charge is -2.43. The SMILES string of the molecule is COc1cc(N2CCC(N3CCN(CCC#Cc4cccc5c4CN(C4CCC(=O)NC4=O)C5=C=O)CC3)CC2)ccc1Nc1ncc(Cl)c(Nc2ccccc2P(C)(C)=O)n1. The van der Waals surface area contributed by atoms with Gasteiger partial charge < -0.3 is 29.7 Å². The summed E-state index contributed by atoms with van der Waals surface area (Å²) in [6, 6.07) is 19.3. The Balaban J connectivity index is 0.806. The average Bonchev–Trinajstić information content (AvgIpc) is 3.65. The number of amides is 2. The highest BCUT2D eigenvalue weighted by Gasteiger charge is 2.38. The van der Waals surface area contributed by atoms with Gasteiger partial charge in [-0.15, -0.1) is 0 Å². The normalized spacial score (nSPS) is 18.7. The van der Waals surface area contributed by atoms with Crippen molar-refractivity contribution in [2.75, 3.05) is 81.8 Å². The summed E-state index contributed by atoms with van der Waals surface area (Å²) in [5, 5.41) is 9.99. The fraction of sp³-hybridized carbons (Fsp3) is 0.391. The number of para-hydroxylation sites is 1. The largest absolute Gasteiger partial charge is 0.494 e. The number of piperazine rings is 1. The Morgan fingerprint density at radius 3 is 2.48 bits per heavy atom. The van der Waals surface area contributed by atoms with Crippen molar-refractivity contribution < 1.29 is 23.7 Å². The topological polar surface area (TPSA) is 152 Å². The number of aromatic nitrogens is 2. The molecule has 0 radical (unpaired) electrons. The molecule has 0 bridgehead atoms. The van der Waals surface area contributed by atoms with E-state index >= 15 is 0 Å². The van der Waals surface area contributed by atoms with Crippen LogP contribution in [0.4, 0.5) is 28.8 Å². The van der Waals surface area contributed by atoms with Crippen LogP contribution in [0.25, 0.3) is 5.70 Å². The molecule has 62 heavy (non-hydrogen) atoms. The molecule has 4 aliphatic heterocycles. The molecular weight excluding hydrogens is 825 g/mol. The van der Waals surface area contributed by atoms with Gasteiger partial charge in [0.05, 0.1) is 24.7 Å². The lowest BCUT2D eigenvalue weighted by molar-refractivity contribution is -0.136. The van der Waals surface area contributed by atoms with E-state index < -0.39 is 13.2 Å². The zero-order valence-corrected chi connectivity index (χ0v) is 36.9. The minimum Gasteiger partial charge on any atom is -0.494 e. The third-order valence-electron chi connectivity index (χ3n) is 12.2. The van der Waals surface area contributed by atoms with Crippen molar-refractivity contribution in [2.45, 2.75) is 50.7 Å². The smallest absolute Gasteiger partial charge is 0.249 e. The van der Waals surface area contributed by atoms with E-state index in [1.54, 1.807) is 25.3 Å². The molecule has 4 aliphatic rings. The third-order valence-corrected chi connectivity index (χ3v) is 14.0. The predicted octanol–water partition coefficient (Wildman–Crippen LogP) is 5.70. The second kappa shape index (κ2) is 18.7. The van der Waals surface area contributed by atoms with Crippen molar-refractivity contribution in [1.82, 2.24) is 30.0 Å². The monoisotopic (exact) mass is 875 g/mol. The van der Waals surface area contributed by atoms with Crippen molar-refractivity contribution in [3.05, 3.63) is 88.6 Å². The fourth-order valence-electron chi connectivity index (χ4n) is 8.86. The van der Waals surface area contributed by atoms with Gasteiger partial charge in [0.25, 0.3) is 0 Å². The van der Waals surface area contributed by atoms with E-state index in [0.29, 0.717) is 52.9 Å². The van der Waals surface area contributed by atoms with Crippen LogP contribution in [0, 0.1) is 11.8 Å². The van der Waals surface area contributed by atoms with Crippen LogP contribution in [0.15, 0.2) is 66.9 Å². The molecule has 16 heteroatoms. The van der Waals surface area contributed by atoms with Gasteiger partial charge in [-0.05, 0) is 68.5 Å². The van der Waals surface area contributed by atoms with Gasteiger partial charge in [-0.1, -0.05) is 47.7 Å².